The van der Waals surface area contributed by atoms with Gasteiger partial charge in [-0.1, -0.05) is 5.22 Å². The van der Waals surface area contributed by atoms with Gasteiger partial charge in [0.05, 0.1) is 15.9 Å². The van der Waals surface area contributed by atoms with Gasteiger partial charge in [0.25, 0.3) is 5.69 Å². The van der Waals surface area contributed by atoms with E-state index in [9.17, 15) is 20.2 Å². The first-order valence-electron chi connectivity index (χ1n) is 4.43. The van der Waals surface area contributed by atoms with Crippen LogP contribution in [-0.2, 0) is 0 Å². The van der Waals surface area contributed by atoms with Crippen LogP contribution in [0, 0.1) is 20.2 Å². The van der Waals surface area contributed by atoms with Gasteiger partial charge in [-0.15, -0.1) is 5.11 Å². The molecular weight excluding hydrogens is 230 g/mol. The number of nitrogens with zero attached hydrogens (tertiary/aromatic N) is 5. The van der Waals surface area contributed by atoms with E-state index in [1.165, 1.54) is 11.1 Å². The van der Waals surface area contributed by atoms with Gasteiger partial charge in [-0.05, 0) is 6.07 Å². The Bertz CT molecular complexity index is 485. The largest absolute Gasteiger partial charge is 0.303 e. The average molecular weight is 239 g/mol. The Hall–Kier alpha value is -2.58. The van der Waals surface area contributed by atoms with E-state index >= 15 is 0 Å². The normalized spacial score (nSPS) is 10.5. The minimum atomic E-state index is -0.739. The van der Waals surface area contributed by atoms with E-state index in [0.717, 1.165) is 12.1 Å². The van der Waals surface area contributed by atoms with Crippen molar-refractivity contribution in [2.24, 2.45) is 10.3 Å². The Morgan fingerprint density at radius 1 is 1.18 bits per heavy atom. The molecule has 0 aliphatic rings. The number of benzene rings is 1. The molecule has 0 radical (unpaired) electrons. The van der Waals surface area contributed by atoms with Gasteiger partial charge in [0, 0.05) is 20.2 Å². The van der Waals surface area contributed by atoms with E-state index in [1.54, 1.807) is 14.1 Å². The zero-order valence-corrected chi connectivity index (χ0v) is 9.10. The zero-order valence-electron chi connectivity index (χ0n) is 9.10. The van der Waals surface area contributed by atoms with Gasteiger partial charge in [0.15, 0.2) is 5.69 Å². The Kier molecular flexibility index (Phi) is 3.65. The summed E-state index contributed by atoms with van der Waals surface area (Å²) in [4.78, 5) is 19.7. The highest BCUT2D eigenvalue weighted by atomic mass is 16.6. The lowest BCUT2D eigenvalue weighted by atomic mass is 10.2. The average Bonchev–Trinajstić information content (AvgIpc) is 2.25. The van der Waals surface area contributed by atoms with Crippen LogP contribution >= 0.6 is 0 Å². The van der Waals surface area contributed by atoms with Crippen molar-refractivity contribution in [3.05, 3.63) is 38.4 Å². The zero-order chi connectivity index (χ0) is 13.0. The molecule has 0 unspecified atom stereocenters. The summed E-state index contributed by atoms with van der Waals surface area (Å²) in [5, 5.41) is 29.7. The van der Waals surface area contributed by atoms with Crippen LogP contribution in [0.3, 0.4) is 0 Å². The van der Waals surface area contributed by atoms with Crippen molar-refractivity contribution < 1.29 is 9.85 Å². The van der Waals surface area contributed by atoms with Gasteiger partial charge in [-0.2, -0.15) is 0 Å². The lowest BCUT2D eigenvalue weighted by Crippen LogP contribution is -1.99. The molecule has 0 spiro atoms. The molecule has 0 aliphatic heterocycles. The summed E-state index contributed by atoms with van der Waals surface area (Å²) >= 11 is 0. The van der Waals surface area contributed by atoms with E-state index in [0.29, 0.717) is 0 Å². The van der Waals surface area contributed by atoms with Crippen molar-refractivity contribution in [1.29, 1.82) is 0 Å². The van der Waals surface area contributed by atoms with Crippen LogP contribution in [0.15, 0.2) is 28.5 Å². The summed E-state index contributed by atoms with van der Waals surface area (Å²) in [5.74, 6) is 0. The number of non-ortho nitro benzene ring substituents is 1. The molecule has 90 valence electrons. The van der Waals surface area contributed by atoms with Crippen LogP contribution < -0.4 is 0 Å². The van der Waals surface area contributed by atoms with Crippen LogP contribution in [0.2, 0.25) is 0 Å². The Morgan fingerprint density at radius 3 is 2.29 bits per heavy atom. The molecular formula is C8H9N5O4. The van der Waals surface area contributed by atoms with Crippen LogP contribution in [0.4, 0.5) is 17.1 Å². The summed E-state index contributed by atoms with van der Waals surface area (Å²) in [6.45, 7) is 0. The van der Waals surface area contributed by atoms with E-state index in [-0.39, 0.29) is 11.4 Å². The lowest BCUT2D eigenvalue weighted by Gasteiger charge is -2.01. The molecule has 0 N–H and O–H groups in total. The van der Waals surface area contributed by atoms with Crippen molar-refractivity contribution in [1.82, 2.24) is 5.01 Å². The SMILES string of the molecule is CN(C)N=Nc1ccc([N+](=O)[O-])cc1[N+](=O)[O-]. The first kappa shape index (κ1) is 12.5. The highest BCUT2D eigenvalue weighted by molar-refractivity contribution is 5.61. The summed E-state index contributed by atoms with van der Waals surface area (Å²) < 4.78 is 0. The summed E-state index contributed by atoms with van der Waals surface area (Å²) in [5.41, 5.74) is -0.848. The van der Waals surface area contributed by atoms with E-state index < -0.39 is 15.5 Å². The third-order valence-electron chi connectivity index (χ3n) is 1.70. The van der Waals surface area contributed by atoms with Gasteiger partial charge in [-0.3, -0.25) is 25.2 Å². The number of rotatable bonds is 4. The van der Waals surface area contributed by atoms with Gasteiger partial charge in [0.2, 0.25) is 0 Å². The molecule has 0 atom stereocenters. The predicted octanol–water partition coefficient (Wildman–Crippen LogP) is 2.06. The lowest BCUT2D eigenvalue weighted by molar-refractivity contribution is -0.393. The molecule has 0 bridgehead atoms. The Labute approximate surface area is 95.6 Å². The monoisotopic (exact) mass is 239 g/mol. The van der Waals surface area contributed by atoms with Gasteiger partial charge < -0.3 is 0 Å². The molecule has 0 saturated heterocycles. The topological polar surface area (TPSA) is 114 Å². The maximum absolute atomic E-state index is 10.7. The third kappa shape index (κ3) is 3.19. The van der Waals surface area contributed by atoms with E-state index in [1.807, 2.05) is 0 Å². The number of hydrogen-bond acceptors (Lipinski definition) is 6. The molecule has 17 heavy (non-hydrogen) atoms. The smallest absolute Gasteiger partial charge is 0.285 e. The van der Waals surface area contributed by atoms with Gasteiger partial charge in [0.1, 0.15) is 0 Å². The minimum Gasteiger partial charge on any atom is -0.285 e. The van der Waals surface area contributed by atoms with Crippen molar-refractivity contribution in [2.75, 3.05) is 14.1 Å². The fraction of sp³-hybridized carbons (Fsp3) is 0.250. The number of nitro benzene ring substituents is 2. The maximum atomic E-state index is 10.7. The standard InChI is InChI=1S/C8H9N5O4/c1-11(2)10-9-7-4-3-6(12(14)15)5-8(7)13(16)17/h3-5H,1-2H3. The molecule has 1 aromatic carbocycles. The summed E-state index contributed by atoms with van der Waals surface area (Å²) in [7, 11) is 3.20. The fourth-order valence-corrected chi connectivity index (χ4v) is 0.994. The highest BCUT2D eigenvalue weighted by Crippen LogP contribution is 2.31. The summed E-state index contributed by atoms with van der Waals surface area (Å²) in [6, 6.07) is 3.17. The van der Waals surface area contributed by atoms with Crippen molar-refractivity contribution in [3.8, 4) is 0 Å². The van der Waals surface area contributed by atoms with Crippen LogP contribution in [-0.4, -0.2) is 29.0 Å². The molecule has 0 fully saturated rings. The number of nitro groups is 2. The fourth-order valence-electron chi connectivity index (χ4n) is 0.994. The minimum absolute atomic E-state index is 0.0331. The highest BCUT2D eigenvalue weighted by Gasteiger charge is 2.19. The molecule has 0 aromatic heterocycles. The molecule has 1 rings (SSSR count). The first-order valence-corrected chi connectivity index (χ1v) is 4.43. The number of hydrogen-bond donors (Lipinski definition) is 0. The second-order valence-electron chi connectivity index (χ2n) is 3.22. The quantitative estimate of drug-likeness (QED) is 0.453. The Balaban J connectivity index is 3.22. The van der Waals surface area contributed by atoms with Gasteiger partial charge >= 0.3 is 5.69 Å². The molecule has 0 amide bonds. The second kappa shape index (κ2) is 4.96. The molecule has 0 aliphatic carbocycles. The molecule has 0 saturated carbocycles. The van der Waals surface area contributed by atoms with Crippen LogP contribution in [0.1, 0.15) is 0 Å². The van der Waals surface area contributed by atoms with Crippen LogP contribution in [0.25, 0.3) is 0 Å². The van der Waals surface area contributed by atoms with Crippen molar-refractivity contribution in [2.45, 2.75) is 0 Å². The summed E-state index contributed by atoms with van der Waals surface area (Å²) in [6.07, 6.45) is 0. The van der Waals surface area contributed by atoms with Gasteiger partial charge in [-0.25, -0.2) is 0 Å². The predicted molar refractivity (Wildman–Crippen MR) is 58.0 cm³/mol. The first-order chi connectivity index (χ1) is 7.91. The second-order valence-corrected chi connectivity index (χ2v) is 3.22. The molecule has 9 nitrogen and oxygen atoms in total. The van der Waals surface area contributed by atoms with E-state index in [4.69, 9.17) is 0 Å². The van der Waals surface area contributed by atoms with Crippen molar-refractivity contribution in [3.63, 3.8) is 0 Å². The van der Waals surface area contributed by atoms with Crippen LogP contribution in [0.5, 0.6) is 0 Å². The maximum Gasteiger partial charge on any atom is 0.303 e. The molecule has 0 heterocycles. The van der Waals surface area contributed by atoms with E-state index in [2.05, 4.69) is 10.3 Å². The molecule has 9 heteroatoms. The Morgan fingerprint density at radius 2 is 1.82 bits per heavy atom. The van der Waals surface area contributed by atoms with Crippen molar-refractivity contribution >= 4 is 17.1 Å². The molecule has 1 aromatic rings. The third-order valence-corrected chi connectivity index (χ3v) is 1.70.